The van der Waals surface area contributed by atoms with Gasteiger partial charge in [-0.15, -0.1) is 0 Å². The van der Waals surface area contributed by atoms with Crippen molar-refractivity contribution in [2.24, 2.45) is 34.5 Å². The molecule has 4 rings (SSSR count). The molecule has 0 amide bonds. The zero-order valence-corrected chi connectivity index (χ0v) is 21.3. The number of Topliss-reactive ketones (excluding diaryl/α,β-unsaturated/α-hetero) is 1. The van der Waals surface area contributed by atoms with Gasteiger partial charge in [0.15, 0.2) is 17.2 Å². The van der Waals surface area contributed by atoms with E-state index in [-0.39, 0.29) is 24.3 Å². The highest BCUT2D eigenvalue weighted by Gasteiger charge is 2.73. The molecule has 4 aliphatic rings. The lowest BCUT2D eigenvalue weighted by molar-refractivity contribution is -0.202. The van der Waals surface area contributed by atoms with Crippen LogP contribution in [0.2, 0.25) is 0 Å². The lowest BCUT2D eigenvalue weighted by atomic mass is 9.45. The standard InChI is InChI=1S/C25H32F2O8S/c1-13-8-15-16-10-18(26)17-9-14(28)4-6-24(17,3)25(16,27)20(30)11-23(15,2)22(13)19(29)12-35-21(31)5-7-36(32,33)34/h4,6,9,13,15-16,18,20,22,30H,5,7-8,10-12H2,1-3H3,(H,32,33,34)/t13-,15+,16+,18+,20+,22-,23+,24+,25+/m1/s1. The van der Waals surface area contributed by atoms with E-state index in [0.29, 0.717) is 6.42 Å². The fourth-order valence-corrected chi connectivity index (χ4v) is 8.21. The molecule has 0 bridgehead atoms. The third-order valence-corrected chi connectivity index (χ3v) is 9.97. The first kappa shape index (κ1) is 27.1. The molecule has 0 spiro atoms. The molecule has 4 aliphatic carbocycles. The summed E-state index contributed by atoms with van der Waals surface area (Å²) in [6, 6.07) is 0. The van der Waals surface area contributed by atoms with E-state index in [0.717, 1.165) is 6.08 Å². The number of esters is 1. The average Bonchev–Trinajstić information content (AvgIpc) is 3.03. The van der Waals surface area contributed by atoms with Crippen molar-refractivity contribution in [2.75, 3.05) is 12.4 Å². The minimum atomic E-state index is -4.36. The summed E-state index contributed by atoms with van der Waals surface area (Å²) in [6.07, 6.45) is 0.127. The Morgan fingerprint density at radius 2 is 1.89 bits per heavy atom. The van der Waals surface area contributed by atoms with Crippen LogP contribution < -0.4 is 0 Å². The van der Waals surface area contributed by atoms with Crippen LogP contribution in [-0.2, 0) is 29.2 Å². The van der Waals surface area contributed by atoms with Gasteiger partial charge >= 0.3 is 5.97 Å². The molecular weight excluding hydrogens is 498 g/mol. The molecule has 0 heterocycles. The SMILES string of the molecule is C[C@@H]1C[C@H]2[C@@H]3C[C@H](F)C4=CC(=O)C=C[C@]4(C)[C@@]3(F)[C@@H](O)C[C@]2(C)[C@H]1C(=O)COC(=O)CCS(=O)(=O)O. The number of halogens is 2. The summed E-state index contributed by atoms with van der Waals surface area (Å²) in [4.78, 5) is 37.0. The zero-order valence-electron chi connectivity index (χ0n) is 20.4. The fourth-order valence-electron chi connectivity index (χ4n) is 7.78. The van der Waals surface area contributed by atoms with E-state index < -0.39 is 93.0 Å². The van der Waals surface area contributed by atoms with E-state index in [1.807, 2.05) is 6.92 Å². The number of alkyl halides is 2. The Balaban J connectivity index is 1.59. The molecule has 9 atom stereocenters. The van der Waals surface area contributed by atoms with E-state index in [9.17, 15) is 27.9 Å². The summed E-state index contributed by atoms with van der Waals surface area (Å²) in [7, 11) is -4.36. The van der Waals surface area contributed by atoms with Gasteiger partial charge in [0, 0.05) is 17.3 Å². The summed E-state index contributed by atoms with van der Waals surface area (Å²) in [5.74, 6) is -4.94. The van der Waals surface area contributed by atoms with Crippen molar-refractivity contribution >= 4 is 27.7 Å². The highest BCUT2D eigenvalue weighted by atomic mass is 32.2. The van der Waals surface area contributed by atoms with Crippen molar-refractivity contribution in [1.82, 2.24) is 0 Å². The average molecular weight is 531 g/mol. The number of aliphatic hydroxyl groups excluding tert-OH is 1. The second kappa shape index (κ2) is 8.80. The van der Waals surface area contributed by atoms with Gasteiger partial charge in [-0.3, -0.25) is 18.9 Å². The summed E-state index contributed by atoms with van der Waals surface area (Å²) in [5, 5.41) is 11.3. The van der Waals surface area contributed by atoms with Crippen molar-refractivity contribution in [1.29, 1.82) is 0 Å². The van der Waals surface area contributed by atoms with Gasteiger partial charge in [0.05, 0.1) is 18.3 Å². The summed E-state index contributed by atoms with van der Waals surface area (Å²) in [5.41, 5.74) is -4.59. The Hall–Kier alpha value is -1.98. The Morgan fingerprint density at radius 3 is 2.53 bits per heavy atom. The van der Waals surface area contributed by atoms with Crippen molar-refractivity contribution in [3.05, 3.63) is 23.8 Å². The van der Waals surface area contributed by atoms with Gasteiger partial charge in [-0.1, -0.05) is 19.9 Å². The van der Waals surface area contributed by atoms with E-state index in [4.69, 9.17) is 9.29 Å². The van der Waals surface area contributed by atoms with Crippen molar-refractivity contribution in [2.45, 2.75) is 64.4 Å². The topological polar surface area (TPSA) is 135 Å². The highest BCUT2D eigenvalue weighted by molar-refractivity contribution is 7.85. The molecule has 8 nitrogen and oxygen atoms in total. The number of carbonyl (C=O) groups excluding carboxylic acids is 3. The quantitative estimate of drug-likeness (QED) is 0.395. The molecule has 3 saturated carbocycles. The van der Waals surface area contributed by atoms with Crippen LogP contribution in [0.15, 0.2) is 23.8 Å². The van der Waals surface area contributed by atoms with Crippen LogP contribution in [0.25, 0.3) is 0 Å². The number of ketones is 2. The van der Waals surface area contributed by atoms with Gasteiger partial charge in [0.2, 0.25) is 0 Å². The maximum Gasteiger partial charge on any atom is 0.307 e. The molecule has 0 aromatic rings. The lowest BCUT2D eigenvalue weighted by Crippen LogP contribution is -2.68. The zero-order chi connectivity index (χ0) is 26.8. The first-order valence-electron chi connectivity index (χ1n) is 12.1. The summed E-state index contributed by atoms with van der Waals surface area (Å²) < 4.78 is 67.9. The number of ether oxygens (including phenoxy) is 1. The first-order chi connectivity index (χ1) is 16.5. The molecule has 0 radical (unpaired) electrons. The largest absolute Gasteiger partial charge is 0.458 e. The summed E-state index contributed by atoms with van der Waals surface area (Å²) >= 11 is 0. The fraction of sp³-hybridized carbons (Fsp3) is 0.720. The molecule has 36 heavy (non-hydrogen) atoms. The van der Waals surface area contributed by atoms with Crippen LogP contribution in [0.1, 0.15) is 46.5 Å². The van der Waals surface area contributed by atoms with Crippen LogP contribution in [0.5, 0.6) is 0 Å². The van der Waals surface area contributed by atoms with E-state index >= 15 is 8.78 Å². The van der Waals surface area contributed by atoms with Gasteiger partial charge in [-0.25, -0.2) is 8.78 Å². The molecule has 3 fully saturated rings. The number of allylic oxidation sites excluding steroid dienone is 4. The second-order valence-electron chi connectivity index (χ2n) is 11.3. The smallest absolute Gasteiger partial charge is 0.307 e. The first-order valence-corrected chi connectivity index (χ1v) is 13.8. The van der Waals surface area contributed by atoms with E-state index in [2.05, 4.69) is 0 Å². The molecular formula is C25H32F2O8S. The van der Waals surface area contributed by atoms with Gasteiger partial charge in [-0.2, -0.15) is 8.42 Å². The third kappa shape index (κ3) is 4.07. The number of carbonyl (C=O) groups is 3. The predicted octanol–water partition coefficient (Wildman–Crippen LogP) is 2.56. The van der Waals surface area contributed by atoms with Crippen LogP contribution in [0, 0.1) is 34.5 Å². The number of rotatable bonds is 6. The Kier molecular flexibility index (Phi) is 6.62. The Labute approximate surface area is 208 Å². The van der Waals surface area contributed by atoms with Crippen LogP contribution in [0.4, 0.5) is 8.78 Å². The number of aliphatic hydroxyl groups is 1. The van der Waals surface area contributed by atoms with Crippen molar-refractivity contribution in [3.8, 4) is 0 Å². The van der Waals surface area contributed by atoms with Crippen LogP contribution >= 0.6 is 0 Å². The van der Waals surface area contributed by atoms with Gasteiger partial charge in [0.25, 0.3) is 10.1 Å². The van der Waals surface area contributed by atoms with Gasteiger partial charge in [0.1, 0.15) is 12.8 Å². The van der Waals surface area contributed by atoms with Gasteiger partial charge in [-0.05, 0) is 61.2 Å². The number of fused-ring (bicyclic) bond motifs is 5. The minimum absolute atomic E-state index is 0.0341. The van der Waals surface area contributed by atoms with Crippen molar-refractivity contribution < 1.29 is 46.0 Å². The molecule has 0 saturated heterocycles. The molecule has 2 N–H and O–H groups in total. The monoisotopic (exact) mass is 530 g/mol. The van der Waals surface area contributed by atoms with Crippen LogP contribution in [-0.4, -0.2) is 65.9 Å². The highest BCUT2D eigenvalue weighted by Crippen LogP contribution is 2.70. The van der Waals surface area contributed by atoms with Crippen LogP contribution in [0.3, 0.4) is 0 Å². The van der Waals surface area contributed by atoms with E-state index in [1.54, 1.807) is 6.92 Å². The number of hydrogen-bond donors (Lipinski definition) is 2. The van der Waals surface area contributed by atoms with Gasteiger partial charge < -0.3 is 9.84 Å². The molecule has 0 aromatic heterocycles. The van der Waals surface area contributed by atoms with E-state index in [1.165, 1.54) is 19.1 Å². The molecule has 0 unspecified atom stereocenters. The Bertz CT molecular complexity index is 1150. The minimum Gasteiger partial charge on any atom is -0.458 e. The third-order valence-electron chi connectivity index (χ3n) is 9.25. The van der Waals surface area contributed by atoms with Crippen molar-refractivity contribution in [3.63, 3.8) is 0 Å². The molecule has 11 heteroatoms. The lowest BCUT2D eigenvalue weighted by Gasteiger charge is -2.62. The summed E-state index contributed by atoms with van der Waals surface area (Å²) in [6.45, 7) is 4.50. The number of hydrogen-bond acceptors (Lipinski definition) is 7. The predicted molar refractivity (Wildman–Crippen MR) is 124 cm³/mol. The molecule has 0 aromatic carbocycles. The molecule has 0 aliphatic heterocycles. The Morgan fingerprint density at radius 1 is 1.22 bits per heavy atom. The maximum atomic E-state index is 17.1. The molecule has 200 valence electrons. The normalized spacial score (nSPS) is 43.8. The second-order valence-corrected chi connectivity index (χ2v) is 12.9. The maximum absolute atomic E-state index is 17.1.